The minimum Gasteiger partial charge on any atom is -0.327 e. The molecule has 0 radical (unpaired) electrons. The highest BCUT2D eigenvalue weighted by atomic mass is 15.2. The van der Waals surface area contributed by atoms with E-state index in [9.17, 15) is 0 Å². The Hall–Kier alpha value is -6.94. The Balaban J connectivity index is 1.56. The highest BCUT2D eigenvalue weighted by molar-refractivity contribution is 6.28. The normalized spacial score (nSPS) is 12.8. The van der Waals surface area contributed by atoms with Crippen LogP contribution in [0.5, 0.6) is 0 Å². The van der Waals surface area contributed by atoms with Crippen LogP contribution in [0.15, 0.2) is 205 Å². The Morgan fingerprint density at radius 3 is 1.92 bits per heavy atom. The Morgan fingerprint density at radius 2 is 1.31 bits per heavy atom. The van der Waals surface area contributed by atoms with Gasteiger partial charge in [0.1, 0.15) is 0 Å². The lowest BCUT2D eigenvalue weighted by Gasteiger charge is -2.35. The summed E-state index contributed by atoms with van der Waals surface area (Å²) in [6.07, 6.45) is 12.9. The van der Waals surface area contributed by atoms with E-state index in [4.69, 9.17) is 5.73 Å². The monoisotopic (exact) mass is 850 g/mol. The van der Waals surface area contributed by atoms with Crippen LogP contribution in [-0.2, 0) is 11.8 Å². The van der Waals surface area contributed by atoms with Gasteiger partial charge in [0.05, 0.1) is 11.4 Å². The van der Waals surface area contributed by atoms with Crippen molar-refractivity contribution in [3.63, 3.8) is 0 Å². The van der Waals surface area contributed by atoms with Gasteiger partial charge in [-0.15, -0.1) is 0 Å². The zero-order valence-electron chi connectivity index (χ0n) is 39.5. The van der Waals surface area contributed by atoms with Crippen LogP contribution in [0.1, 0.15) is 70.2 Å². The SMILES string of the molecule is C=C(C)/C=C(\C=C/CC)N(c1cc(-c2ccccc2)ccc1C)c1cc(N(C(=C/Cc2ccccc2)/C(C)=C\CN)c2cccc(C)c2)c2ccc3cc(C(C)(C)C)cc4ccc1c2c34. The number of allylic oxidation sites excluding steroid dienone is 6. The van der Waals surface area contributed by atoms with Crippen LogP contribution in [0.2, 0.25) is 0 Å². The first-order valence-electron chi connectivity index (χ1n) is 23.1. The van der Waals surface area contributed by atoms with Crippen molar-refractivity contribution >= 4 is 55.1 Å². The Morgan fingerprint density at radius 1 is 0.646 bits per heavy atom. The summed E-state index contributed by atoms with van der Waals surface area (Å²) in [6, 6.07) is 53.9. The maximum atomic E-state index is 6.37. The summed E-state index contributed by atoms with van der Waals surface area (Å²) < 4.78 is 0. The third-order valence-electron chi connectivity index (χ3n) is 12.5. The molecule has 0 aliphatic carbocycles. The molecule has 8 rings (SSSR count). The number of hydrogen-bond donors (Lipinski definition) is 1. The molecule has 65 heavy (non-hydrogen) atoms. The van der Waals surface area contributed by atoms with Gasteiger partial charge in [-0.1, -0.05) is 179 Å². The molecule has 3 heteroatoms. The van der Waals surface area contributed by atoms with Gasteiger partial charge in [0.2, 0.25) is 0 Å². The van der Waals surface area contributed by atoms with Crippen LogP contribution in [0.25, 0.3) is 43.4 Å². The Bertz CT molecular complexity index is 3100. The molecule has 8 aromatic rings. The van der Waals surface area contributed by atoms with Gasteiger partial charge in [-0.25, -0.2) is 0 Å². The lowest BCUT2D eigenvalue weighted by Crippen LogP contribution is -2.21. The molecule has 0 saturated carbocycles. The molecule has 0 aliphatic rings. The van der Waals surface area contributed by atoms with E-state index in [0.717, 1.165) is 63.7 Å². The number of rotatable bonds is 14. The van der Waals surface area contributed by atoms with Crippen molar-refractivity contribution in [3.8, 4) is 11.1 Å². The number of nitrogens with two attached hydrogens (primary N) is 1. The molecule has 0 fully saturated rings. The van der Waals surface area contributed by atoms with E-state index in [1.807, 2.05) is 0 Å². The minimum atomic E-state index is -0.0139. The van der Waals surface area contributed by atoms with Crippen molar-refractivity contribution in [2.24, 2.45) is 5.73 Å². The van der Waals surface area contributed by atoms with E-state index < -0.39 is 0 Å². The van der Waals surface area contributed by atoms with Gasteiger partial charge in [-0.05, 0) is 137 Å². The van der Waals surface area contributed by atoms with Crippen LogP contribution >= 0.6 is 0 Å². The number of nitrogens with zero attached hydrogens (tertiary/aromatic N) is 2. The summed E-state index contributed by atoms with van der Waals surface area (Å²) in [5, 5.41) is 7.36. The number of aryl methyl sites for hydroxylation is 2. The molecule has 0 bridgehead atoms. The summed E-state index contributed by atoms with van der Waals surface area (Å²) in [5.74, 6) is 0. The minimum absolute atomic E-state index is 0.0139. The van der Waals surface area contributed by atoms with E-state index in [0.29, 0.717) is 6.54 Å². The molecular formula is C62H63N3. The Labute approximate surface area is 387 Å². The van der Waals surface area contributed by atoms with Gasteiger partial charge in [0, 0.05) is 45.5 Å². The first-order chi connectivity index (χ1) is 31.4. The summed E-state index contributed by atoms with van der Waals surface area (Å²) in [5.41, 5.74) is 22.2. The zero-order chi connectivity index (χ0) is 45.8. The van der Waals surface area contributed by atoms with Crippen LogP contribution in [0.4, 0.5) is 22.7 Å². The van der Waals surface area contributed by atoms with Gasteiger partial charge in [-0.2, -0.15) is 0 Å². The first-order valence-corrected chi connectivity index (χ1v) is 23.1. The highest BCUT2D eigenvalue weighted by Gasteiger charge is 2.28. The molecule has 3 nitrogen and oxygen atoms in total. The predicted molar refractivity (Wildman–Crippen MR) is 284 cm³/mol. The molecular weight excluding hydrogens is 787 g/mol. The first kappa shape index (κ1) is 44.7. The van der Waals surface area contributed by atoms with Gasteiger partial charge in [-0.3, -0.25) is 0 Å². The smallest absolute Gasteiger partial charge is 0.0561 e. The van der Waals surface area contributed by atoms with Gasteiger partial charge in [0.25, 0.3) is 0 Å². The van der Waals surface area contributed by atoms with Crippen LogP contribution in [0.3, 0.4) is 0 Å². The highest BCUT2D eigenvalue weighted by Crippen LogP contribution is 2.50. The molecule has 0 heterocycles. The summed E-state index contributed by atoms with van der Waals surface area (Å²) >= 11 is 0. The van der Waals surface area contributed by atoms with Crippen molar-refractivity contribution in [2.75, 3.05) is 16.3 Å². The molecule has 0 amide bonds. The lowest BCUT2D eigenvalue weighted by atomic mass is 9.83. The van der Waals surface area contributed by atoms with E-state index in [1.54, 1.807) is 0 Å². The molecule has 0 aromatic heterocycles. The molecule has 0 aliphatic heterocycles. The molecule has 0 unspecified atom stereocenters. The molecule has 0 spiro atoms. The molecule has 0 saturated heterocycles. The lowest BCUT2D eigenvalue weighted by molar-refractivity contribution is 0.591. The van der Waals surface area contributed by atoms with Gasteiger partial charge in [0.15, 0.2) is 0 Å². The van der Waals surface area contributed by atoms with E-state index in [2.05, 4.69) is 248 Å². The van der Waals surface area contributed by atoms with Crippen LogP contribution in [0, 0.1) is 13.8 Å². The van der Waals surface area contributed by atoms with Crippen LogP contribution < -0.4 is 15.5 Å². The van der Waals surface area contributed by atoms with Crippen LogP contribution in [-0.4, -0.2) is 6.54 Å². The second-order valence-electron chi connectivity index (χ2n) is 18.6. The van der Waals surface area contributed by atoms with E-state index >= 15 is 0 Å². The average Bonchev–Trinajstić information content (AvgIpc) is 3.29. The fraction of sp³-hybridized carbons (Fsp3) is 0.194. The summed E-state index contributed by atoms with van der Waals surface area (Å²) in [4.78, 5) is 4.98. The molecule has 2 N–H and O–H groups in total. The fourth-order valence-electron chi connectivity index (χ4n) is 9.14. The number of benzene rings is 8. The van der Waals surface area contributed by atoms with E-state index in [-0.39, 0.29) is 5.41 Å². The number of anilines is 4. The standard InChI is InChI=1S/C62H63N3/c1-10-11-24-52(36-42(2)3)65(57-40-48(28-26-44(57)5)47-22-16-13-17-23-47)59-41-58(54-31-29-49-38-51(62(7,8)9)39-50-30-32-55(59)61(54)60(49)50)64(53-25-18-19-43(4)37-53)56(45(6)34-35-63)33-27-46-20-14-12-15-21-46/h11-26,28-34,36-41H,2,10,27,35,63H2,1,3-9H3/b24-11-,45-34-,52-36+,56-33+. The van der Waals surface area contributed by atoms with Crippen molar-refractivity contribution in [1.82, 2.24) is 0 Å². The maximum absolute atomic E-state index is 6.37. The fourth-order valence-corrected chi connectivity index (χ4v) is 9.14. The van der Waals surface area contributed by atoms with Crippen molar-refractivity contribution < 1.29 is 0 Å². The van der Waals surface area contributed by atoms with E-state index in [1.165, 1.54) is 60.1 Å². The molecule has 8 aromatic carbocycles. The van der Waals surface area contributed by atoms with Crippen molar-refractivity contribution in [1.29, 1.82) is 0 Å². The third-order valence-corrected chi connectivity index (χ3v) is 12.5. The number of hydrogen-bond acceptors (Lipinski definition) is 3. The topological polar surface area (TPSA) is 32.5 Å². The third kappa shape index (κ3) is 9.34. The summed E-state index contributed by atoms with van der Waals surface area (Å²) in [6.45, 7) is 22.7. The van der Waals surface area contributed by atoms with Crippen molar-refractivity contribution in [2.45, 2.75) is 73.6 Å². The second kappa shape index (κ2) is 19.0. The molecule has 326 valence electrons. The average molecular weight is 850 g/mol. The summed E-state index contributed by atoms with van der Waals surface area (Å²) in [7, 11) is 0. The maximum Gasteiger partial charge on any atom is 0.0561 e. The van der Waals surface area contributed by atoms with Gasteiger partial charge < -0.3 is 15.5 Å². The largest absolute Gasteiger partial charge is 0.327 e. The Kier molecular flexibility index (Phi) is 13.1. The molecule has 0 atom stereocenters. The zero-order valence-corrected chi connectivity index (χ0v) is 39.5. The second-order valence-corrected chi connectivity index (χ2v) is 18.6. The quantitative estimate of drug-likeness (QED) is 0.0874. The predicted octanol–water partition coefficient (Wildman–Crippen LogP) is 16.9. The van der Waals surface area contributed by atoms with Crippen molar-refractivity contribution in [3.05, 3.63) is 227 Å². The van der Waals surface area contributed by atoms with Gasteiger partial charge >= 0.3 is 0 Å².